The lowest BCUT2D eigenvalue weighted by atomic mass is 9.55. The van der Waals surface area contributed by atoms with Crippen LogP contribution in [0.15, 0.2) is 47.7 Å². The number of nitrogens with one attached hydrogen (secondary N) is 1. The molecule has 12 heteroatoms. The fourth-order valence-corrected chi connectivity index (χ4v) is 9.59. The van der Waals surface area contributed by atoms with Crippen LogP contribution in [0.3, 0.4) is 0 Å². The number of carbonyl (C=O) groups excluding carboxylic acids is 2. The number of hydrogen-bond acceptors (Lipinski definition) is 10. The van der Waals surface area contributed by atoms with Crippen molar-refractivity contribution < 1.29 is 43.6 Å². The maximum Gasteiger partial charge on any atom is 0.412 e. The number of rotatable bonds is 28. The molecule has 6 unspecified atom stereocenters. The molecule has 2 aliphatic carbocycles. The summed E-state index contributed by atoms with van der Waals surface area (Å²) in [6, 6.07) is 4.88. The second-order valence-corrected chi connectivity index (χ2v) is 16.3. The molecule has 332 valence electrons. The van der Waals surface area contributed by atoms with Crippen molar-refractivity contribution in [2.45, 2.75) is 154 Å². The van der Waals surface area contributed by atoms with Gasteiger partial charge in [0.1, 0.15) is 24.7 Å². The van der Waals surface area contributed by atoms with E-state index in [9.17, 15) is 19.8 Å². The summed E-state index contributed by atoms with van der Waals surface area (Å²) in [5, 5.41) is 27.2. The smallest absolute Gasteiger partial charge is 0.412 e. The summed E-state index contributed by atoms with van der Waals surface area (Å²) in [5.41, 5.74) is 2.54. The zero-order chi connectivity index (χ0) is 42.5. The van der Waals surface area contributed by atoms with Gasteiger partial charge in [-0.3, -0.25) is 4.90 Å². The van der Waals surface area contributed by atoms with Gasteiger partial charge in [-0.25, -0.2) is 9.59 Å². The quantitative estimate of drug-likeness (QED) is 0.0427. The Morgan fingerprint density at radius 3 is 2.29 bits per heavy atom. The molecule has 1 aromatic rings. The number of allylic oxidation sites excluding steroid dienone is 1. The number of amides is 2. The van der Waals surface area contributed by atoms with E-state index in [0.29, 0.717) is 56.0 Å². The molecule has 12 nitrogen and oxygen atoms in total. The minimum atomic E-state index is -1.37. The van der Waals surface area contributed by atoms with Crippen LogP contribution >= 0.6 is 0 Å². The van der Waals surface area contributed by atoms with Gasteiger partial charge in [-0.1, -0.05) is 102 Å². The number of unbranched alkanes of at least 4 members (excludes halogenated alkanes) is 11. The van der Waals surface area contributed by atoms with E-state index in [1.54, 1.807) is 24.0 Å². The predicted molar refractivity (Wildman–Crippen MR) is 232 cm³/mol. The minimum Gasteiger partial charge on any atom is -0.459 e. The Labute approximate surface area is 354 Å². The van der Waals surface area contributed by atoms with Crippen LogP contribution in [0.4, 0.5) is 9.59 Å². The first kappa shape index (κ1) is 48.1. The molecular formula is C47H75N3O9. The van der Waals surface area contributed by atoms with Crippen molar-refractivity contribution in [3.05, 3.63) is 48.1 Å². The lowest BCUT2D eigenvalue weighted by Gasteiger charge is -2.59. The second kappa shape index (κ2) is 25.9. The van der Waals surface area contributed by atoms with Crippen molar-refractivity contribution in [1.82, 2.24) is 10.2 Å². The summed E-state index contributed by atoms with van der Waals surface area (Å²) < 4.78 is 25.7. The van der Waals surface area contributed by atoms with Crippen LogP contribution in [0, 0.1) is 17.8 Å². The van der Waals surface area contributed by atoms with Crippen LogP contribution < -0.4 is 14.8 Å². The zero-order valence-corrected chi connectivity index (χ0v) is 36.6. The lowest BCUT2D eigenvalue weighted by Crippen LogP contribution is -2.70. The Balaban J connectivity index is 1.72. The third-order valence-corrected chi connectivity index (χ3v) is 12.2. The number of oxime groups is 1. The number of nitrogens with zero attached hydrogens (tertiary/aromatic N) is 2. The van der Waals surface area contributed by atoms with Gasteiger partial charge in [-0.05, 0) is 81.1 Å². The van der Waals surface area contributed by atoms with Crippen molar-refractivity contribution >= 4 is 17.9 Å². The van der Waals surface area contributed by atoms with Gasteiger partial charge in [-0.15, -0.1) is 6.58 Å². The zero-order valence-electron chi connectivity index (χ0n) is 36.6. The number of hydrogen-bond donors (Lipinski definition) is 3. The molecule has 3 N–H and O–H groups in total. The monoisotopic (exact) mass is 826 g/mol. The van der Waals surface area contributed by atoms with Gasteiger partial charge in [-0.2, -0.15) is 0 Å². The Morgan fingerprint density at radius 2 is 1.64 bits per heavy atom. The summed E-state index contributed by atoms with van der Waals surface area (Å²) in [7, 11) is 1.53. The highest BCUT2D eigenvalue weighted by molar-refractivity contribution is 6.03. The molecule has 1 aliphatic heterocycles. The summed E-state index contributed by atoms with van der Waals surface area (Å²) in [4.78, 5) is 34.3. The summed E-state index contributed by atoms with van der Waals surface area (Å²) in [5.74, 6) is -0.912. The maximum absolute atomic E-state index is 13.8. The number of benzene rings is 1. The van der Waals surface area contributed by atoms with Gasteiger partial charge < -0.3 is 39.3 Å². The van der Waals surface area contributed by atoms with Crippen LogP contribution in [0.25, 0.3) is 0 Å². The molecular weight excluding hydrogens is 751 g/mol. The van der Waals surface area contributed by atoms with E-state index >= 15 is 0 Å². The van der Waals surface area contributed by atoms with E-state index < -0.39 is 29.9 Å². The Bertz CT molecular complexity index is 1500. The standard InChI is InChI=1S/C47H75N3O9/c1-6-10-11-12-13-14-15-16-17-20-27-48-45(53)58-36-25-26-41-39(33-36)43-37(24-19-22-30-52)35(23-18-21-29-51)32-38-40(49-55-5)34-42(50(28-7-2)46(54)56-9-4)47(59-41,44(38)43)57-31-8-3/h8,25-26,32-33,35,37,42-44,51-52H,3,6-7,9-24,27-31,34H2,1-2,4-5H3,(H,48,53). The van der Waals surface area contributed by atoms with E-state index in [1.807, 2.05) is 19.1 Å². The molecule has 1 fully saturated rings. The maximum atomic E-state index is 13.8. The normalized spacial score (nSPS) is 23.7. The molecule has 0 saturated heterocycles. The van der Waals surface area contributed by atoms with E-state index in [2.05, 4.69) is 30.1 Å². The van der Waals surface area contributed by atoms with Crippen LogP contribution in [-0.2, 0) is 14.3 Å². The average Bonchev–Trinajstić information content (AvgIpc) is 3.23. The van der Waals surface area contributed by atoms with Crippen molar-refractivity contribution in [3.8, 4) is 11.5 Å². The van der Waals surface area contributed by atoms with Crippen LogP contribution in [0.2, 0.25) is 0 Å². The highest BCUT2D eigenvalue weighted by Crippen LogP contribution is 2.62. The highest BCUT2D eigenvalue weighted by Gasteiger charge is 2.65. The molecule has 59 heavy (non-hydrogen) atoms. The number of carbonyl (C=O) groups is 2. The number of ether oxygens (including phenoxy) is 4. The fourth-order valence-electron chi connectivity index (χ4n) is 9.59. The minimum absolute atomic E-state index is 0.0496. The molecule has 0 spiro atoms. The second-order valence-electron chi connectivity index (χ2n) is 16.3. The Hall–Kier alpha value is -3.61. The molecule has 1 saturated carbocycles. The first-order valence-corrected chi connectivity index (χ1v) is 22.8. The van der Waals surface area contributed by atoms with Gasteiger partial charge in [0.15, 0.2) is 0 Å². The SMILES string of the molecule is C=CCOC12Oc3ccc(OC(=O)NCCCCCCCCCCCC)cc3C3C(CCCCO)C(CCCCO)C=C(C(=NOC)CC1N(CCC)C(=O)OCC)C32. The van der Waals surface area contributed by atoms with Crippen LogP contribution in [0.5, 0.6) is 11.5 Å². The third kappa shape index (κ3) is 12.9. The number of aliphatic hydroxyl groups is 2. The van der Waals surface area contributed by atoms with Gasteiger partial charge in [0.2, 0.25) is 5.79 Å². The molecule has 1 aromatic carbocycles. The Morgan fingerprint density at radius 1 is 0.949 bits per heavy atom. The summed E-state index contributed by atoms with van der Waals surface area (Å²) in [6.45, 7) is 11.6. The van der Waals surface area contributed by atoms with E-state index in [-0.39, 0.29) is 44.2 Å². The van der Waals surface area contributed by atoms with Gasteiger partial charge in [0.05, 0.1) is 24.8 Å². The number of fused-ring (bicyclic) bond motifs is 2. The highest BCUT2D eigenvalue weighted by atomic mass is 16.7. The molecule has 2 amide bonds. The first-order chi connectivity index (χ1) is 28.8. The summed E-state index contributed by atoms with van der Waals surface area (Å²) >= 11 is 0. The molecule has 0 aromatic heterocycles. The van der Waals surface area contributed by atoms with Gasteiger partial charge in [0, 0.05) is 44.2 Å². The fraction of sp³-hybridized carbons (Fsp3) is 0.723. The molecule has 3 aliphatic rings. The lowest BCUT2D eigenvalue weighted by molar-refractivity contribution is -0.255. The average molecular weight is 826 g/mol. The van der Waals surface area contributed by atoms with Gasteiger partial charge >= 0.3 is 12.2 Å². The van der Waals surface area contributed by atoms with Crippen molar-refractivity contribution in [2.75, 3.05) is 46.6 Å². The van der Waals surface area contributed by atoms with Crippen molar-refractivity contribution in [2.24, 2.45) is 22.9 Å². The van der Waals surface area contributed by atoms with E-state index in [0.717, 1.165) is 49.7 Å². The van der Waals surface area contributed by atoms with Crippen LogP contribution in [-0.4, -0.2) is 91.5 Å². The molecule has 0 bridgehead atoms. The largest absolute Gasteiger partial charge is 0.459 e. The molecule has 4 rings (SSSR count). The van der Waals surface area contributed by atoms with Crippen LogP contribution in [0.1, 0.15) is 148 Å². The molecule has 0 radical (unpaired) electrons. The predicted octanol–water partition coefficient (Wildman–Crippen LogP) is 9.83. The van der Waals surface area contributed by atoms with Crippen molar-refractivity contribution in [1.29, 1.82) is 0 Å². The van der Waals surface area contributed by atoms with Crippen molar-refractivity contribution in [3.63, 3.8) is 0 Å². The van der Waals surface area contributed by atoms with E-state index in [4.69, 9.17) is 23.8 Å². The first-order valence-electron chi connectivity index (χ1n) is 22.8. The summed E-state index contributed by atoms with van der Waals surface area (Å²) in [6.07, 6.45) is 20.8. The van der Waals surface area contributed by atoms with Gasteiger partial charge in [0.25, 0.3) is 0 Å². The molecule has 6 atom stereocenters. The molecule has 1 heterocycles. The van der Waals surface area contributed by atoms with E-state index in [1.165, 1.54) is 58.5 Å². The number of aliphatic hydroxyl groups excluding tert-OH is 2. The Kier molecular flexibility index (Phi) is 21.1. The third-order valence-electron chi connectivity index (χ3n) is 12.2. The topological polar surface area (TPSA) is 148 Å².